The maximum atomic E-state index is 12.4. The topological polar surface area (TPSA) is 75.3 Å². The van der Waals surface area contributed by atoms with Crippen LogP contribution < -0.4 is 10.0 Å². The number of amides is 1. The van der Waals surface area contributed by atoms with Crippen LogP contribution in [0.25, 0.3) is 0 Å². The predicted octanol–water partition coefficient (Wildman–Crippen LogP) is 2.25. The van der Waals surface area contributed by atoms with Crippen LogP contribution in [0.2, 0.25) is 0 Å². The smallest absolute Gasteiger partial charge is 0.241 e. The van der Waals surface area contributed by atoms with Gasteiger partial charge < -0.3 is 5.32 Å². The largest absolute Gasteiger partial charge is 0.352 e. The number of benzene rings is 1. The zero-order valence-corrected chi connectivity index (χ0v) is 15.7. The molecule has 0 aromatic heterocycles. The van der Waals surface area contributed by atoms with E-state index in [1.54, 1.807) is 30.0 Å². The Hall–Kier alpha value is -1.05. The maximum absolute atomic E-state index is 12.4. The summed E-state index contributed by atoms with van der Waals surface area (Å²) in [6.07, 6.45) is 2.38. The molecule has 1 aromatic rings. The molecular formula is C16H26N2O3S2. The van der Waals surface area contributed by atoms with Crippen molar-refractivity contribution in [3.8, 4) is 0 Å². The Labute approximate surface area is 143 Å². The fraction of sp³-hybridized carbons (Fsp3) is 0.562. The molecule has 1 rings (SSSR count). The van der Waals surface area contributed by atoms with E-state index in [0.717, 1.165) is 0 Å². The van der Waals surface area contributed by atoms with Crippen molar-refractivity contribution in [2.75, 3.05) is 12.0 Å². The first kappa shape index (κ1) is 20.0. The van der Waals surface area contributed by atoms with E-state index < -0.39 is 16.1 Å². The van der Waals surface area contributed by atoms with E-state index in [1.807, 2.05) is 27.0 Å². The molecule has 0 heterocycles. The van der Waals surface area contributed by atoms with Gasteiger partial charge in [0.1, 0.15) is 6.04 Å². The monoisotopic (exact) mass is 358 g/mol. The van der Waals surface area contributed by atoms with Crippen LogP contribution in [0.4, 0.5) is 0 Å². The Morgan fingerprint density at radius 3 is 2.30 bits per heavy atom. The summed E-state index contributed by atoms with van der Waals surface area (Å²) in [5.74, 6) is 0.705. The molecule has 0 saturated carbocycles. The number of hydrogen-bond acceptors (Lipinski definition) is 4. The summed E-state index contributed by atoms with van der Waals surface area (Å²) in [6.45, 7) is 5.94. The highest BCUT2D eigenvalue weighted by molar-refractivity contribution is 7.98. The highest BCUT2D eigenvalue weighted by Gasteiger charge is 2.26. The molecule has 0 aliphatic rings. The van der Waals surface area contributed by atoms with E-state index in [9.17, 15) is 13.2 Å². The Balaban J connectivity index is 2.87. The minimum absolute atomic E-state index is 0.0134. The predicted molar refractivity (Wildman–Crippen MR) is 96.0 cm³/mol. The van der Waals surface area contributed by atoms with E-state index in [0.29, 0.717) is 12.2 Å². The van der Waals surface area contributed by atoms with Crippen molar-refractivity contribution in [1.29, 1.82) is 0 Å². The molecule has 0 aliphatic carbocycles. The second-order valence-corrected chi connectivity index (χ2v) is 8.51. The Bertz CT molecular complexity index is 589. The molecule has 0 aliphatic heterocycles. The third-order valence-corrected chi connectivity index (χ3v) is 5.78. The van der Waals surface area contributed by atoms with Crippen molar-refractivity contribution in [1.82, 2.24) is 10.0 Å². The number of carbonyl (C=O) groups excluding carboxylic acids is 1. The summed E-state index contributed by atoms with van der Waals surface area (Å²) in [5, 5.41) is 2.89. The van der Waals surface area contributed by atoms with Crippen molar-refractivity contribution in [3.63, 3.8) is 0 Å². The van der Waals surface area contributed by atoms with Crippen LogP contribution >= 0.6 is 11.8 Å². The SMILES string of the molecule is CSCCC(NS(=O)(=O)c1ccccc1)C(=O)NC(C)C(C)C. The quantitative estimate of drug-likeness (QED) is 0.710. The van der Waals surface area contributed by atoms with Gasteiger partial charge in [0, 0.05) is 6.04 Å². The number of hydrogen-bond donors (Lipinski definition) is 2. The lowest BCUT2D eigenvalue weighted by molar-refractivity contribution is -0.123. The van der Waals surface area contributed by atoms with Crippen LogP contribution in [0.1, 0.15) is 27.2 Å². The summed E-state index contributed by atoms with van der Waals surface area (Å²) >= 11 is 1.58. The van der Waals surface area contributed by atoms with Crippen molar-refractivity contribution in [3.05, 3.63) is 30.3 Å². The second kappa shape index (κ2) is 9.30. The Morgan fingerprint density at radius 2 is 1.78 bits per heavy atom. The molecule has 0 spiro atoms. The van der Waals surface area contributed by atoms with Crippen molar-refractivity contribution in [2.45, 2.75) is 44.2 Å². The van der Waals surface area contributed by atoms with E-state index in [4.69, 9.17) is 0 Å². The van der Waals surface area contributed by atoms with Gasteiger partial charge in [-0.25, -0.2) is 8.42 Å². The van der Waals surface area contributed by atoms with E-state index in [-0.39, 0.29) is 22.8 Å². The lowest BCUT2D eigenvalue weighted by atomic mass is 10.1. The average Bonchev–Trinajstić information content (AvgIpc) is 2.51. The van der Waals surface area contributed by atoms with Gasteiger partial charge >= 0.3 is 0 Å². The van der Waals surface area contributed by atoms with Crippen LogP contribution in [0.15, 0.2) is 35.2 Å². The van der Waals surface area contributed by atoms with Crippen LogP contribution in [0.3, 0.4) is 0 Å². The van der Waals surface area contributed by atoms with Gasteiger partial charge in [-0.1, -0.05) is 32.0 Å². The van der Waals surface area contributed by atoms with E-state index in [2.05, 4.69) is 10.0 Å². The van der Waals surface area contributed by atoms with Gasteiger partial charge in [0.2, 0.25) is 15.9 Å². The van der Waals surface area contributed by atoms with Crippen molar-refractivity contribution < 1.29 is 13.2 Å². The van der Waals surface area contributed by atoms with Crippen LogP contribution in [0.5, 0.6) is 0 Å². The lowest BCUT2D eigenvalue weighted by Gasteiger charge is -2.23. The van der Waals surface area contributed by atoms with Crippen LogP contribution in [0, 0.1) is 5.92 Å². The molecule has 1 aromatic carbocycles. The Morgan fingerprint density at radius 1 is 1.17 bits per heavy atom. The summed E-state index contributed by atoms with van der Waals surface area (Å²) in [4.78, 5) is 12.6. The molecule has 5 nitrogen and oxygen atoms in total. The standard InChI is InChI=1S/C16H26N2O3S2/c1-12(2)13(3)17-16(19)15(10-11-22-4)18-23(20,21)14-8-6-5-7-9-14/h5-9,12-13,15,18H,10-11H2,1-4H3,(H,17,19). The molecule has 2 atom stereocenters. The zero-order valence-electron chi connectivity index (χ0n) is 14.1. The third-order valence-electron chi connectivity index (χ3n) is 3.65. The first-order valence-electron chi connectivity index (χ1n) is 7.64. The first-order valence-corrected chi connectivity index (χ1v) is 10.5. The number of carbonyl (C=O) groups is 1. The van der Waals surface area contributed by atoms with Gasteiger partial charge in [-0.05, 0) is 43.4 Å². The van der Waals surface area contributed by atoms with Gasteiger partial charge in [-0.3, -0.25) is 4.79 Å². The first-order chi connectivity index (χ1) is 10.8. The van der Waals surface area contributed by atoms with E-state index >= 15 is 0 Å². The molecule has 0 fully saturated rings. The number of thioether (sulfide) groups is 1. The van der Waals surface area contributed by atoms with Crippen LogP contribution in [-0.2, 0) is 14.8 Å². The van der Waals surface area contributed by atoms with Gasteiger partial charge in [-0.2, -0.15) is 16.5 Å². The molecule has 0 bridgehead atoms. The fourth-order valence-electron chi connectivity index (χ4n) is 1.83. The molecule has 7 heteroatoms. The minimum Gasteiger partial charge on any atom is -0.352 e. The average molecular weight is 359 g/mol. The fourth-order valence-corrected chi connectivity index (χ4v) is 3.55. The molecule has 1 amide bonds. The van der Waals surface area contributed by atoms with Gasteiger partial charge in [0.25, 0.3) is 0 Å². The molecule has 2 unspecified atom stereocenters. The van der Waals surface area contributed by atoms with Gasteiger partial charge in [0.15, 0.2) is 0 Å². The second-order valence-electron chi connectivity index (χ2n) is 5.81. The molecule has 2 N–H and O–H groups in total. The lowest BCUT2D eigenvalue weighted by Crippen LogP contribution is -2.50. The summed E-state index contributed by atoms with van der Waals surface area (Å²) < 4.78 is 27.4. The maximum Gasteiger partial charge on any atom is 0.241 e. The Kier molecular flexibility index (Phi) is 8.08. The summed E-state index contributed by atoms with van der Waals surface area (Å²) in [5.41, 5.74) is 0. The summed E-state index contributed by atoms with van der Waals surface area (Å²) in [7, 11) is -3.71. The number of sulfonamides is 1. The van der Waals surface area contributed by atoms with Crippen LogP contribution in [-0.4, -0.2) is 38.4 Å². The molecule has 130 valence electrons. The van der Waals surface area contributed by atoms with Crippen molar-refractivity contribution >= 4 is 27.7 Å². The number of rotatable bonds is 9. The summed E-state index contributed by atoms with van der Waals surface area (Å²) in [6, 6.07) is 7.32. The highest BCUT2D eigenvalue weighted by Crippen LogP contribution is 2.11. The molecule has 23 heavy (non-hydrogen) atoms. The number of nitrogens with one attached hydrogen (secondary N) is 2. The molecular weight excluding hydrogens is 332 g/mol. The zero-order chi connectivity index (χ0) is 17.5. The van der Waals surface area contributed by atoms with Gasteiger partial charge in [-0.15, -0.1) is 0 Å². The molecule has 0 saturated heterocycles. The highest BCUT2D eigenvalue weighted by atomic mass is 32.2. The normalized spacial score (nSPS) is 14.5. The third kappa shape index (κ3) is 6.53. The van der Waals surface area contributed by atoms with Gasteiger partial charge in [0.05, 0.1) is 4.90 Å². The van der Waals surface area contributed by atoms with Crippen molar-refractivity contribution in [2.24, 2.45) is 5.92 Å². The van der Waals surface area contributed by atoms with E-state index in [1.165, 1.54) is 12.1 Å². The minimum atomic E-state index is -3.71. The molecule has 0 radical (unpaired) electrons.